The molecule has 2 aliphatic rings. The number of piperidine rings is 1. The molecule has 1 aliphatic carbocycles. The molecule has 0 spiro atoms. The van der Waals surface area contributed by atoms with Crippen molar-refractivity contribution in [3.05, 3.63) is 59.7 Å². The Labute approximate surface area is 206 Å². The van der Waals surface area contributed by atoms with Crippen molar-refractivity contribution in [1.82, 2.24) is 10.2 Å². The highest BCUT2D eigenvalue weighted by atomic mass is 16.5. The molecule has 0 bridgehead atoms. The number of carboxylic acid groups (broad SMARTS) is 1. The van der Waals surface area contributed by atoms with Gasteiger partial charge < -0.3 is 20.1 Å². The van der Waals surface area contributed by atoms with E-state index in [0.29, 0.717) is 13.1 Å². The van der Waals surface area contributed by atoms with Crippen LogP contribution in [0.15, 0.2) is 48.5 Å². The maximum Gasteiger partial charge on any atom is 0.407 e. The summed E-state index contributed by atoms with van der Waals surface area (Å²) in [4.78, 5) is 38.5. The third kappa shape index (κ3) is 5.84. The Balaban J connectivity index is 1.34. The van der Waals surface area contributed by atoms with E-state index < -0.39 is 12.1 Å². The van der Waals surface area contributed by atoms with Crippen molar-refractivity contribution in [2.24, 2.45) is 11.8 Å². The second kappa shape index (κ2) is 10.9. The summed E-state index contributed by atoms with van der Waals surface area (Å²) in [5.74, 6) is -0.886. The van der Waals surface area contributed by atoms with Gasteiger partial charge in [-0.3, -0.25) is 9.59 Å². The number of hydrogen-bond acceptors (Lipinski definition) is 4. The number of nitrogens with one attached hydrogen (secondary N) is 1. The molecule has 2 aromatic carbocycles. The first-order valence-corrected chi connectivity index (χ1v) is 12.4. The smallest absolute Gasteiger partial charge is 0.407 e. The summed E-state index contributed by atoms with van der Waals surface area (Å²) in [7, 11) is 0. The lowest BCUT2D eigenvalue weighted by Gasteiger charge is -2.33. The van der Waals surface area contributed by atoms with Gasteiger partial charge in [-0.2, -0.15) is 0 Å². The quantitative estimate of drug-likeness (QED) is 0.576. The molecule has 2 amide bonds. The van der Waals surface area contributed by atoms with Crippen LogP contribution in [-0.2, 0) is 14.3 Å². The van der Waals surface area contributed by atoms with Gasteiger partial charge in [0.05, 0.1) is 0 Å². The summed E-state index contributed by atoms with van der Waals surface area (Å²) in [6.07, 6.45) is 1.34. The van der Waals surface area contributed by atoms with Crippen molar-refractivity contribution < 1.29 is 24.2 Å². The van der Waals surface area contributed by atoms with Gasteiger partial charge in [-0.1, -0.05) is 62.4 Å². The zero-order chi connectivity index (χ0) is 24.9. The van der Waals surface area contributed by atoms with Crippen LogP contribution in [0.5, 0.6) is 0 Å². The second-order valence-electron chi connectivity index (χ2n) is 9.97. The van der Waals surface area contributed by atoms with E-state index in [1.807, 2.05) is 38.1 Å². The maximum atomic E-state index is 13.0. The number of carbonyl (C=O) groups excluding carboxylic acids is 2. The first-order chi connectivity index (χ1) is 16.8. The van der Waals surface area contributed by atoms with Gasteiger partial charge in [-0.15, -0.1) is 0 Å². The van der Waals surface area contributed by atoms with Crippen molar-refractivity contribution in [2.75, 3.05) is 19.7 Å². The Bertz CT molecular complexity index is 1040. The summed E-state index contributed by atoms with van der Waals surface area (Å²) in [5, 5.41) is 12.0. The zero-order valence-corrected chi connectivity index (χ0v) is 20.4. The van der Waals surface area contributed by atoms with Crippen LogP contribution in [0, 0.1) is 11.8 Å². The summed E-state index contributed by atoms with van der Waals surface area (Å²) < 4.78 is 5.67. The molecule has 4 rings (SSSR count). The summed E-state index contributed by atoms with van der Waals surface area (Å²) >= 11 is 0. The third-order valence-corrected chi connectivity index (χ3v) is 7.18. The topological polar surface area (TPSA) is 95.9 Å². The predicted molar refractivity (Wildman–Crippen MR) is 133 cm³/mol. The van der Waals surface area contributed by atoms with Crippen molar-refractivity contribution in [3.63, 3.8) is 0 Å². The molecule has 7 nitrogen and oxygen atoms in total. The van der Waals surface area contributed by atoms with E-state index in [1.165, 1.54) is 11.1 Å². The molecule has 186 valence electrons. The molecule has 0 saturated carbocycles. The molecule has 35 heavy (non-hydrogen) atoms. The Morgan fingerprint density at radius 1 is 1.06 bits per heavy atom. The van der Waals surface area contributed by atoms with E-state index in [0.717, 1.165) is 24.0 Å². The van der Waals surface area contributed by atoms with Gasteiger partial charge in [0.2, 0.25) is 5.91 Å². The van der Waals surface area contributed by atoms with Crippen molar-refractivity contribution in [1.29, 1.82) is 0 Å². The Kier molecular flexibility index (Phi) is 7.73. The maximum absolute atomic E-state index is 13.0. The summed E-state index contributed by atoms with van der Waals surface area (Å²) in [6, 6.07) is 16.0. The molecular formula is C28H34N2O5. The number of rotatable bonds is 8. The van der Waals surface area contributed by atoms with Crippen LogP contribution in [0.1, 0.15) is 56.6 Å². The number of carboxylic acids is 1. The van der Waals surface area contributed by atoms with Crippen molar-refractivity contribution in [2.45, 2.75) is 51.5 Å². The average molecular weight is 479 g/mol. The highest BCUT2D eigenvalue weighted by Gasteiger charge is 2.31. The van der Waals surface area contributed by atoms with Gasteiger partial charge in [0.1, 0.15) is 6.61 Å². The molecular weight excluding hydrogens is 444 g/mol. The number of aliphatic carboxylic acids is 1. The largest absolute Gasteiger partial charge is 0.481 e. The monoisotopic (exact) mass is 478 g/mol. The first kappa shape index (κ1) is 24.8. The van der Waals surface area contributed by atoms with E-state index in [-0.39, 0.29) is 49.2 Å². The van der Waals surface area contributed by atoms with E-state index in [2.05, 4.69) is 29.6 Å². The number of likely N-dealkylation sites (tertiary alicyclic amines) is 1. The number of nitrogens with zero attached hydrogens (tertiary/aromatic N) is 1. The standard InChI is InChI=1S/C28H34N2O5/c1-18(2)25(15-26(31)30-13-7-8-19(16-30)14-27(32)33)29-28(34)35-17-24-22-11-5-3-9-20(22)21-10-4-6-12-23(21)24/h3-6,9-12,18-19,24-25H,7-8,13-17H2,1-2H3,(H,29,34)(H,32,33)/t19?,25-/m1/s1. The number of fused-ring (bicyclic) bond motifs is 3. The summed E-state index contributed by atoms with van der Waals surface area (Å²) in [5.41, 5.74) is 4.65. The van der Waals surface area contributed by atoms with Crippen LogP contribution < -0.4 is 5.32 Å². The molecule has 1 fully saturated rings. The molecule has 1 heterocycles. The second-order valence-corrected chi connectivity index (χ2v) is 9.97. The lowest BCUT2D eigenvalue weighted by atomic mass is 9.93. The molecule has 2 atom stereocenters. The van der Waals surface area contributed by atoms with Crippen LogP contribution in [-0.4, -0.2) is 53.7 Å². The minimum Gasteiger partial charge on any atom is -0.481 e. The van der Waals surface area contributed by atoms with Crippen LogP contribution in [0.4, 0.5) is 4.79 Å². The fourth-order valence-electron chi connectivity index (χ4n) is 5.27. The fraction of sp³-hybridized carbons (Fsp3) is 0.464. The zero-order valence-electron chi connectivity index (χ0n) is 20.4. The van der Waals surface area contributed by atoms with Crippen molar-refractivity contribution in [3.8, 4) is 11.1 Å². The molecule has 2 aromatic rings. The molecule has 1 aliphatic heterocycles. The number of hydrogen-bond donors (Lipinski definition) is 2. The van der Waals surface area contributed by atoms with Gasteiger partial charge in [0.25, 0.3) is 0 Å². The Morgan fingerprint density at radius 2 is 1.69 bits per heavy atom. The van der Waals surface area contributed by atoms with Gasteiger partial charge in [0, 0.05) is 37.9 Å². The minimum absolute atomic E-state index is 0.0159. The molecule has 7 heteroatoms. The highest BCUT2D eigenvalue weighted by Crippen LogP contribution is 2.44. The van der Waals surface area contributed by atoms with Gasteiger partial charge in [0.15, 0.2) is 0 Å². The van der Waals surface area contributed by atoms with Crippen molar-refractivity contribution >= 4 is 18.0 Å². The van der Waals surface area contributed by atoms with Crippen LogP contribution in [0.25, 0.3) is 11.1 Å². The number of carbonyl (C=O) groups is 3. The molecule has 0 aromatic heterocycles. The van der Waals surface area contributed by atoms with Crippen LogP contribution in [0.2, 0.25) is 0 Å². The SMILES string of the molecule is CC(C)[C@@H](CC(=O)N1CCCC(CC(=O)O)C1)NC(=O)OCC1c2ccccc2-c2ccccc21. The normalized spacial score (nSPS) is 18.0. The van der Waals surface area contributed by atoms with E-state index >= 15 is 0 Å². The number of amides is 2. The highest BCUT2D eigenvalue weighted by molar-refractivity contribution is 5.80. The fourth-order valence-corrected chi connectivity index (χ4v) is 5.27. The number of ether oxygens (including phenoxy) is 1. The van der Waals surface area contributed by atoms with E-state index in [9.17, 15) is 14.4 Å². The lowest BCUT2D eigenvalue weighted by molar-refractivity contribution is -0.141. The molecule has 1 unspecified atom stereocenters. The summed E-state index contributed by atoms with van der Waals surface area (Å²) in [6.45, 7) is 5.24. The van der Waals surface area contributed by atoms with Crippen LogP contribution >= 0.6 is 0 Å². The van der Waals surface area contributed by atoms with Gasteiger partial charge in [-0.05, 0) is 46.9 Å². The van der Waals surface area contributed by atoms with Gasteiger partial charge in [-0.25, -0.2) is 4.79 Å². The number of benzene rings is 2. The number of alkyl carbamates (subject to hydrolysis) is 1. The third-order valence-electron chi connectivity index (χ3n) is 7.18. The first-order valence-electron chi connectivity index (χ1n) is 12.4. The Morgan fingerprint density at radius 3 is 2.29 bits per heavy atom. The lowest BCUT2D eigenvalue weighted by Crippen LogP contribution is -2.46. The average Bonchev–Trinajstić information content (AvgIpc) is 3.15. The molecule has 2 N–H and O–H groups in total. The van der Waals surface area contributed by atoms with E-state index in [1.54, 1.807) is 4.90 Å². The predicted octanol–water partition coefficient (Wildman–Crippen LogP) is 4.65. The Hall–Kier alpha value is -3.35. The van der Waals surface area contributed by atoms with E-state index in [4.69, 9.17) is 9.84 Å². The van der Waals surface area contributed by atoms with Crippen LogP contribution in [0.3, 0.4) is 0 Å². The minimum atomic E-state index is -0.832. The van der Waals surface area contributed by atoms with Gasteiger partial charge >= 0.3 is 12.1 Å². The molecule has 1 saturated heterocycles. The molecule has 0 radical (unpaired) electrons.